The summed E-state index contributed by atoms with van der Waals surface area (Å²) >= 11 is 3.35. The van der Waals surface area contributed by atoms with E-state index < -0.39 is 0 Å². The first-order valence-corrected chi connectivity index (χ1v) is 6.01. The Morgan fingerprint density at radius 3 is 2.17 bits per heavy atom. The Morgan fingerprint density at radius 1 is 1.08 bits per heavy atom. The van der Waals surface area contributed by atoms with Crippen LogP contribution in [0.3, 0.4) is 0 Å². The highest BCUT2D eigenvalue weighted by atomic mass is 79.9. The van der Waals surface area contributed by atoms with E-state index in [1.807, 2.05) is 0 Å². The SMILES string of the molecule is CCCCCC(=O)CCCCBr. The Bertz CT molecular complexity index is 100. The normalized spacial score (nSPS) is 10.2. The fraction of sp³-hybridized carbons (Fsp3) is 0.900. The number of hydrogen-bond donors (Lipinski definition) is 0. The number of unbranched alkanes of at least 4 members (excludes halogenated alkanes) is 3. The number of rotatable bonds is 8. The Balaban J connectivity index is 3.10. The average molecular weight is 235 g/mol. The number of alkyl halides is 1. The number of hydrogen-bond acceptors (Lipinski definition) is 1. The zero-order valence-corrected chi connectivity index (χ0v) is 9.53. The van der Waals surface area contributed by atoms with Crippen molar-refractivity contribution in [2.75, 3.05) is 5.33 Å². The van der Waals surface area contributed by atoms with E-state index in [0.717, 1.165) is 37.4 Å². The summed E-state index contributed by atoms with van der Waals surface area (Å²) in [5, 5.41) is 1.02. The predicted molar refractivity (Wildman–Crippen MR) is 56.8 cm³/mol. The monoisotopic (exact) mass is 234 g/mol. The molecule has 0 aliphatic carbocycles. The predicted octanol–water partition coefficient (Wildman–Crippen LogP) is 3.70. The molecule has 0 spiro atoms. The van der Waals surface area contributed by atoms with E-state index >= 15 is 0 Å². The van der Waals surface area contributed by atoms with Gasteiger partial charge in [0.05, 0.1) is 0 Å². The van der Waals surface area contributed by atoms with Crippen molar-refractivity contribution < 1.29 is 4.79 Å². The van der Waals surface area contributed by atoms with E-state index in [4.69, 9.17) is 0 Å². The van der Waals surface area contributed by atoms with Crippen LogP contribution in [-0.2, 0) is 4.79 Å². The zero-order chi connectivity index (χ0) is 9.23. The van der Waals surface area contributed by atoms with Crippen LogP contribution < -0.4 is 0 Å². The maximum Gasteiger partial charge on any atom is 0.132 e. The van der Waals surface area contributed by atoms with Gasteiger partial charge in [0.15, 0.2) is 0 Å². The summed E-state index contributed by atoms with van der Waals surface area (Å²) in [5.41, 5.74) is 0. The molecule has 1 nitrogen and oxygen atoms in total. The summed E-state index contributed by atoms with van der Waals surface area (Å²) in [6.45, 7) is 2.16. The van der Waals surface area contributed by atoms with E-state index in [0.29, 0.717) is 5.78 Å². The molecule has 0 unspecified atom stereocenters. The largest absolute Gasteiger partial charge is 0.300 e. The Labute approximate surface area is 84.1 Å². The van der Waals surface area contributed by atoms with Gasteiger partial charge in [0.25, 0.3) is 0 Å². The van der Waals surface area contributed by atoms with E-state index in [9.17, 15) is 4.79 Å². The number of halogens is 1. The molecule has 0 aromatic heterocycles. The molecular formula is C10H19BrO. The van der Waals surface area contributed by atoms with Crippen molar-refractivity contribution in [1.82, 2.24) is 0 Å². The van der Waals surface area contributed by atoms with Gasteiger partial charge in [-0.2, -0.15) is 0 Å². The number of carbonyl (C=O) groups excluding carboxylic acids is 1. The van der Waals surface area contributed by atoms with Gasteiger partial charge >= 0.3 is 0 Å². The second-order valence-electron chi connectivity index (χ2n) is 3.14. The van der Waals surface area contributed by atoms with Gasteiger partial charge in [-0.25, -0.2) is 0 Å². The van der Waals surface area contributed by atoms with Gasteiger partial charge in [-0.05, 0) is 19.3 Å². The molecule has 0 N–H and O–H groups in total. The van der Waals surface area contributed by atoms with Crippen LogP contribution in [0, 0.1) is 0 Å². The lowest BCUT2D eigenvalue weighted by molar-refractivity contribution is -0.119. The summed E-state index contributed by atoms with van der Waals surface area (Å²) in [4.78, 5) is 11.2. The third-order valence-corrected chi connectivity index (χ3v) is 2.46. The molecular weight excluding hydrogens is 216 g/mol. The van der Waals surface area contributed by atoms with Gasteiger partial charge in [0.1, 0.15) is 5.78 Å². The fourth-order valence-electron chi connectivity index (χ4n) is 1.11. The van der Waals surface area contributed by atoms with Gasteiger partial charge in [0.2, 0.25) is 0 Å². The minimum Gasteiger partial charge on any atom is -0.300 e. The lowest BCUT2D eigenvalue weighted by Crippen LogP contribution is -1.97. The lowest BCUT2D eigenvalue weighted by atomic mass is 10.1. The van der Waals surface area contributed by atoms with Crippen LogP contribution >= 0.6 is 15.9 Å². The van der Waals surface area contributed by atoms with Crippen LogP contribution in [0.2, 0.25) is 0 Å². The third-order valence-electron chi connectivity index (χ3n) is 1.90. The first-order valence-electron chi connectivity index (χ1n) is 4.89. The third kappa shape index (κ3) is 8.25. The van der Waals surface area contributed by atoms with Crippen LogP contribution in [-0.4, -0.2) is 11.1 Å². The van der Waals surface area contributed by atoms with Gasteiger partial charge in [-0.1, -0.05) is 35.7 Å². The molecule has 0 amide bonds. The molecule has 0 fully saturated rings. The Kier molecular flexibility index (Phi) is 9.36. The average Bonchev–Trinajstić information content (AvgIpc) is 2.06. The van der Waals surface area contributed by atoms with Crippen molar-refractivity contribution in [3.63, 3.8) is 0 Å². The van der Waals surface area contributed by atoms with E-state index in [1.54, 1.807) is 0 Å². The minimum atomic E-state index is 0.449. The molecule has 0 rings (SSSR count). The van der Waals surface area contributed by atoms with Crippen LogP contribution in [0.4, 0.5) is 0 Å². The first kappa shape index (κ1) is 12.2. The Morgan fingerprint density at radius 2 is 1.67 bits per heavy atom. The van der Waals surface area contributed by atoms with Gasteiger partial charge in [-0.15, -0.1) is 0 Å². The minimum absolute atomic E-state index is 0.449. The smallest absolute Gasteiger partial charge is 0.132 e. The molecule has 0 bridgehead atoms. The molecule has 0 radical (unpaired) electrons. The highest BCUT2D eigenvalue weighted by Crippen LogP contribution is 2.05. The number of ketones is 1. The summed E-state index contributed by atoms with van der Waals surface area (Å²) < 4.78 is 0. The van der Waals surface area contributed by atoms with Crippen LogP contribution in [0.1, 0.15) is 51.9 Å². The molecule has 12 heavy (non-hydrogen) atoms. The molecule has 0 saturated heterocycles. The topological polar surface area (TPSA) is 17.1 Å². The van der Waals surface area contributed by atoms with Crippen molar-refractivity contribution in [2.45, 2.75) is 51.9 Å². The summed E-state index contributed by atoms with van der Waals surface area (Å²) in [6.07, 6.45) is 7.25. The highest BCUT2D eigenvalue weighted by Gasteiger charge is 2.00. The summed E-state index contributed by atoms with van der Waals surface area (Å²) in [6, 6.07) is 0. The molecule has 0 atom stereocenters. The molecule has 0 aliphatic heterocycles. The highest BCUT2D eigenvalue weighted by molar-refractivity contribution is 9.09. The molecule has 72 valence electrons. The van der Waals surface area contributed by atoms with Crippen molar-refractivity contribution in [3.05, 3.63) is 0 Å². The Hall–Kier alpha value is 0.150. The lowest BCUT2D eigenvalue weighted by Gasteiger charge is -1.98. The molecule has 2 heteroatoms. The molecule has 0 aliphatic rings. The van der Waals surface area contributed by atoms with Crippen molar-refractivity contribution in [3.8, 4) is 0 Å². The van der Waals surface area contributed by atoms with E-state index in [-0.39, 0.29) is 0 Å². The molecule has 0 aromatic carbocycles. The van der Waals surface area contributed by atoms with Crippen molar-refractivity contribution in [1.29, 1.82) is 0 Å². The van der Waals surface area contributed by atoms with Crippen LogP contribution in [0.25, 0.3) is 0 Å². The van der Waals surface area contributed by atoms with Gasteiger partial charge < -0.3 is 0 Å². The van der Waals surface area contributed by atoms with Gasteiger partial charge in [0, 0.05) is 18.2 Å². The maximum absolute atomic E-state index is 11.2. The first-order chi connectivity index (χ1) is 5.81. The number of Topliss-reactive ketones (excluding diaryl/α,β-unsaturated/α-hetero) is 1. The second-order valence-corrected chi connectivity index (χ2v) is 3.93. The second kappa shape index (κ2) is 9.24. The van der Waals surface area contributed by atoms with Crippen LogP contribution in [0.15, 0.2) is 0 Å². The quantitative estimate of drug-likeness (QED) is 0.463. The number of carbonyl (C=O) groups is 1. The molecule has 0 saturated carbocycles. The van der Waals surface area contributed by atoms with Crippen molar-refractivity contribution in [2.24, 2.45) is 0 Å². The van der Waals surface area contributed by atoms with Crippen LogP contribution in [0.5, 0.6) is 0 Å². The fourth-order valence-corrected chi connectivity index (χ4v) is 1.51. The van der Waals surface area contributed by atoms with Gasteiger partial charge in [-0.3, -0.25) is 4.79 Å². The summed E-state index contributed by atoms with van der Waals surface area (Å²) in [7, 11) is 0. The standard InChI is InChI=1S/C10H19BrO/c1-2-3-4-7-10(12)8-5-6-9-11/h2-9H2,1H3. The summed E-state index contributed by atoms with van der Waals surface area (Å²) in [5.74, 6) is 0.449. The molecule has 0 aromatic rings. The molecule has 0 heterocycles. The zero-order valence-electron chi connectivity index (χ0n) is 7.94. The van der Waals surface area contributed by atoms with Crippen molar-refractivity contribution >= 4 is 21.7 Å². The van der Waals surface area contributed by atoms with E-state index in [1.165, 1.54) is 12.8 Å². The van der Waals surface area contributed by atoms with E-state index in [2.05, 4.69) is 22.9 Å². The maximum atomic E-state index is 11.2.